The smallest absolute Gasteiger partial charge is 0.261 e. The number of hydrogen-bond acceptors (Lipinski definition) is 7. The Labute approximate surface area is 119 Å². The van der Waals surface area contributed by atoms with E-state index in [0.29, 0.717) is 0 Å². The van der Waals surface area contributed by atoms with Gasteiger partial charge in [-0.25, -0.2) is 9.38 Å². The van der Waals surface area contributed by atoms with Crippen molar-refractivity contribution in [3.8, 4) is 0 Å². The fourth-order valence-electron chi connectivity index (χ4n) is 2.30. The molecular weight excluding hydrogens is 283 g/mol. The van der Waals surface area contributed by atoms with E-state index in [-0.39, 0.29) is 11.7 Å². The van der Waals surface area contributed by atoms with E-state index in [0.717, 1.165) is 0 Å². The molecule has 2 rings (SSSR count). The number of nitrogens with zero attached hydrogens (tertiary/aromatic N) is 5. The van der Waals surface area contributed by atoms with Crippen LogP contribution >= 0.6 is 0 Å². The standard InChI is InChI=1S/C11H15FN6O3/c1-6-15-7(13)3-4-18(6)9-10(2,16-17-14)8(20)11(12,5-19)21-9/h3-4,8-9,19-20H,1,5H2,2H3,(H2,13,15)/t8-,9+,10+,11+/m0/s1. The normalized spacial score (nSPS) is 39.1. The molecule has 1 saturated heterocycles. The molecule has 0 unspecified atom stereocenters. The second-order valence-corrected chi connectivity index (χ2v) is 4.91. The number of ether oxygens (including phenoxy) is 1. The number of aliphatic hydroxyl groups excluding tert-OH is 2. The van der Waals surface area contributed by atoms with Crippen molar-refractivity contribution in [3.05, 3.63) is 35.1 Å². The van der Waals surface area contributed by atoms with Gasteiger partial charge in [-0.3, -0.25) is 0 Å². The molecule has 114 valence electrons. The number of aliphatic imine (C=N–C) groups is 1. The number of halogens is 1. The van der Waals surface area contributed by atoms with E-state index in [4.69, 9.17) is 21.1 Å². The summed E-state index contributed by atoms with van der Waals surface area (Å²) in [7, 11) is 0. The Morgan fingerprint density at radius 3 is 2.95 bits per heavy atom. The van der Waals surface area contributed by atoms with Crippen LogP contribution in [-0.2, 0) is 4.74 Å². The summed E-state index contributed by atoms with van der Waals surface area (Å²) in [5.74, 6) is -2.46. The maximum atomic E-state index is 14.4. The van der Waals surface area contributed by atoms with Gasteiger partial charge in [0.25, 0.3) is 5.85 Å². The van der Waals surface area contributed by atoms with Crippen molar-refractivity contribution in [2.45, 2.75) is 30.6 Å². The average Bonchev–Trinajstić information content (AvgIpc) is 2.62. The predicted molar refractivity (Wildman–Crippen MR) is 71.1 cm³/mol. The number of aliphatic hydroxyl groups is 2. The van der Waals surface area contributed by atoms with Gasteiger partial charge in [-0.05, 0) is 18.5 Å². The number of azide groups is 1. The van der Waals surface area contributed by atoms with Gasteiger partial charge >= 0.3 is 0 Å². The van der Waals surface area contributed by atoms with E-state index in [9.17, 15) is 9.50 Å². The van der Waals surface area contributed by atoms with Crippen LogP contribution in [-0.4, -0.2) is 51.3 Å². The topological polar surface area (TPSA) is 140 Å². The lowest BCUT2D eigenvalue weighted by atomic mass is 9.91. The quantitative estimate of drug-likeness (QED) is 0.384. The zero-order chi connectivity index (χ0) is 15.8. The van der Waals surface area contributed by atoms with Gasteiger partial charge < -0.3 is 25.6 Å². The zero-order valence-corrected chi connectivity index (χ0v) is 11.2. The van der Waals surface area contributed by atoms with Gasteiger partial charge in [0.05, 0.1) is 0 Å². The fraction of sp³-hybridized carbons (Fsp3) is 0.545. The van der Waals surface area contributed by atoms with Crippen molar-refractivity contribution < 1.29 is 19.3 Å². The first kappa shape index (κ1) is 15.3. The number of alkyl halides is 1. The van der Waals surface area contributed by atoms with Crippen LogP contribution < -0.4 is 5.73 Å². The molecule has 0 saturated carbocycles. The lowest BCUT2D eigenvalue weighted by Gasteiger charge is -2.35. The van der Waals surface area contributed by atoms with Gasteiger partial charge in [0.2, 0.25) is 0 Å². The summed E-state index contributed by atoms with van der Waals surface area (Å²) in [4.78, 5) is 7.78. The van der Waals surface area contributed by atoms with Crippen LogP contribution in [0, 0.1) is 0 Å². The second kappa shape index (κ2) is 5.01. The Morgan fingerprint density at radius 2 is 2.43 bits per heavy atom. The van der Waals surface area contributed by atoms with Crippen LogP contribution in [0.2, 0.25) is 0 Å². The SMILES string of the molecule is C=C1N=C(N)C=CN1[C@@H]1O[C@](F)(CO)[C@@H](O)[C@@]1(C)N=[N+]=[N-]. The van der Waals surface area contributed by atoms with Crippen LogP contribution in [0.1, 0.15) is 6.92 Å². The number of amidine groups is 1. The monoisotopic (exact) mass is 298 g/mol. The molecule has 0 aromatic rings. The Kier molecular flexibility index (Phi) is 3.64. The Morgan fingerprint density at radius 1 is 1.76 bits per heavy atom. The van der Waals surface area contributed by atoms with E-state index in [1.807, 2.05) is 0 Å². The summed E-state index contributed by atoms with van der Waals surface area (Å²) in [6.07, 6.45) is -0.296. The van der Waals surface area contributed by atoms with E-state index < -0.39 is 30.3 Å². The highest BCUT2D eigenvalue weighted by molar-refractivity contribution is 5.92. The first-order valence-electron chi connectivity index (χ1n) is 6.00. The van der Waals surface area contributed by atoms with E-state index in [1.165, 1.54) is 24.1 Å². The summed E-state index contributed by atoms with van der Waals surface area (Å²) < 4.78 is 19.5. The predicted octanol–water partition coefficient (Wildman–Crippen LogP) is 0.0884. The molecule has 0 radical (unpaired) electrons. The molecule has 0 aromatic heterocycles. The molecule has 0 bridgehead atoms. The van der Waals surface area contributed by atoms with Crippen molar-refractivity contribution in [1.29, 1.82) is 0 Å². The van der Waals surface area contributed by atoms with Gasteiger partial charge in [0.1, 0.15) is 29.9 Å². The third kappa shape index (κ3) is 2.24. The molecule has 1 fully saturated rings. The Bertz CT molecular complexity index is 574. The third-order valence-electron chi connectivity index (χ3n) is 3.46. The fourth-order valence-corrected chi connectivity index (χ4v) is 2.30. The Balaban J connectivity index is 2.44. The van der Waals surface area contributed by atoms with Crippen molar-refractivity contribution in [3.63, 3.8) is 0 Å². The second-order valence-electron chi connectivity index (χ2n) is 4.91. The van der Waals surface area contributed by atoms with Gasteiger partial charge in [0.15, 0.2) is 6.23 Å². The first-order valence-corrected chi connectivity index (χ1v) is 6.00. The molecule has 0 aromatic carbocycles. The van der Waals surface area contributed by atoms with Crippen LogP contribution in [0.3, 0.4) is 0 Å². The van der Waals surface area contributed by atoms with Crippen LogP contribution in [0.5, 0.6) is 0 Å². The molecule has 2 heterocycles. The minimum absolute atomic E-state index is 0.119. The summed E-state index contributed by atoms with van der Waals surface area (Å²) in [5.41, 5.74) is 12.5. The highest BCUT2D eigenvalue weighted by atomic mass is 19.2. The maximum Gasteiger partial charge on any atom is 0.261 e. The van der Waals surface area contributed by atoms with Gasteiger partial charge in [0, 0.05) is 11.1 Å². The van der Waals surface area contributed by atoms with Gasteiger partial charge in [-0.2, -0.15) is 0 Å². The van der Waals surface area contributed by atoms with Gasteiger partial charge in [-0.15, -0.1) is 0 Å². The third-order valence-corrected chi connectivity index (χ3v) is 3.46. The Hall–Kier alpha value is -2.13. The molecule has 4 N–H and O–H groups in total. The van der Waals surface area contributed by atoms with Crippen LogP contribution in [0.15, 0.2) is 34.8 Å². The summed E-state index contributed by atoms with van der Waals surface area (Å²) in [6, 6.07) is 0. The molecule has 21 heavy (non-hydrogen) atoms. The molecule has 2 aliphatic rings. The van der Waals surface area contributed by atoms with E-state index in [1.54, 1.807) is 0 Å². The van der Waals surface area contributed by atoms with Crippen molar-refractivity contribution in [1.82, 2.24) is 4.90 Å². The van der Waals surface area contributed by atoms with E-state index >= 15 is 0 Å². The van der Waals surface area contributed by atoms with Crippen LogP contribution in [0.4, 0.5) is 4.39 Å². The molecule has 9 nitrogen and oxygen atoms in total. The van der Waals surface area contributed by atoms with E-state index in [2.05, 4.69) is 21.6 Å². The van der Waals surface area contributed by atoms with Gasteiger partial charge in [-0.1, -0.05) is 11.7 Å². The van der Waals surface area contributed by atoms with Crippen molar-refractivity contribution in [2.24, 2.45) is 15.8 Å². The lowest BCUT2D eigenvalue weighted by molar-refractivity contribution is -0.209. The van der Waals surface area contributed by atoms with Crippen LogP contribution in [0.25, 0.3) is 10.4 Å². The largest absolute Gasteiger partial charge is 0.390 e. The molecule has 10 heteroatoms. The first-order chi connectivity index (χ1) is 9.78. The molecule has 2 aliphatic heterocycles. The highest BCUT2D eigenvalue weighted by Gasteiger charge is 2.64. The van der Waals surface area contributed by atoms with Crippen molar-refractivity contribution in [2.75, 3.05) is 6.61 Å². The average molecular weight is 298 g/mol. The number of nitrogens with two attached hydrogens (primary N) is 1. The molecule has 0 aliphatic carbocycles. The number of hydrogen-bond donors (Lipinski definition) is 3. The summed E-state index contributed by atoms with van der Waals surface area (Å²) in [6.45, 7) is 3.85. The number of rotatable bonds is 3. The molecular formula is C11H15FN6O3. The zero-order valence-electron chi connectivity index (χ0n) is 11.2. The highest BCUT2D eigenvalue weighted by Crippen LogP contribution is 2.44. The maximum absolute atomic E-state index is 14.4. The summed E-state index contributed by atoms with van der Waals surface area (Å²) in [5, 5.41) is 22.6. The molecule has 0 spiro atoms. The summed E-state index contributed by atoms with van der Waals surface area (Å²) >= 11 is 0. The lowest BCUT2D eigenvalue weighted by Crippen LogP contribution is -2.51. The molecule has 0 amide bonds. The molecule has 4 atom stereocenters. The minimum Gasteiger partial charge on any atom is -0.390 e. The minimum atomic E-state index is -2.77. The van der Waals surface area contributed by atoms with Crippen molar-refractivity contribution >= 4 is 5.84 Å².